The monoisotopic (exact) mass is 360 g/mol. The number of carbonyl (C=O) groups is 1. The number of carbonyl (C=O) groups excluding carboxylic acids is 1. The van der Waals surface area contributed by atoms with Crippen molar-refractivity contribution in [2.45, 2.75) is 64.0 Å². The summed E-state index contributed by atoms with van der Waals surface area (Å²) in [4.78, 5) is 17.7. The molecule has 4 rings (SSSR count). The minimum absolute atomic E-state index is 0.190. The van der Waals surface area contributed by atoms with Crippen LogP contribution in [0.4, 0.5) is 10.1 Å². The minimum atomic E-state index is -0.283. The van der Waals surface area contributed by atoms with Crippen LogP contribution in [0, 0.1) is 18.2 Å². The zero-order valence-electron chi connectivity index (χ0n) is 15.6. The fourth-order valence-corrected chi connectivity index (χ4v) is 5.26. The molecule has 1 spiro atoms. The average Bonchev–Trinajstić information content (AvgIpc) is 2.92. The van der Waals surface area contributed by atoms with Gasteiger partial charge in [0.15, 0.2) is 0 Å². The van der Waals surface area contributed by atoms with E-state index in [2.05, 4.69) is 9.80 Å². The Morgan fingerprint density at radius 2 is 1.92 bits per heavy atom. The lowest BCUT2D eigenvalue weighted by atomic mass is 9.78. The van der Waals surface area contributed by atoms with E-state index in [4.69, 9.17) is 0 Å². The van der Waals surface area contributed by atoms with Crippen LogP contribution in [0.25, 0.3) is 0 Å². The zero-order valence-corrected chi connectivity index (χ0v) is 15.6. The number of aryl methyl sites for hydroxylation is 1. The van der Waals surface area contributed by atoms with Crippen LogP contribution in [0.5, 0.6) is 0 Å². The fraction of sp³-hybridized carbons (Fsp3) is 0.667. The van der Waals surface area contributed by atoms with Gasteiger partial charge >= 0.3 is 0 Å². The number of halogens is 1. The highest BCUT2D eigenvalue weighted by Gasteiger charge is 2.50. The number of rotatable bonds is 2. The summed E-state index contributed by atoms with van der Waals surface area (Å²) in [7, 11) is 0. The number of nitrogens with zero attached hydrogens (tertiary/aromatic N) is 2. The van der Waals surface area contributed by atoms with Gasteiger partial charge in [0, 0.05) is 31.4 Å². The summed E-state index contributed by atoms with van der Waals surface area (Å²) in [5.41, 5.74) is 1.71. The van der Waals surface area contributed by atoms with E-state index in [1.54, 1.807) is 6.07 Å². The molecule has 1 amide bonds. The number of hydrogen-bond acceptors (Lipinski definition) is 3. The lowest BCUT2D eigenvalue weighted by Crippen LogP contribution is -2.50. The van der Waals surface area contributed by atoms with Gasteiger partial charge < -0.3 is 14.9 Å². The highest BCUT2D eigenvalue weighted by molar-refractivity contribution is 5.86. The van der Waals surface area contributed by atoms with Crippen LogP contribution < -0.4 is 4.90 Å². The molecular weight excluding hydrogens is 331 g/mol. The van der Waals surface area contributed by atoms with Gasteiger partial charge in [-0.15, -0.1) is 0 Å². The lowest BCUT2D eigenvalue weighted by molar-refractivity contribution is -0.139. The van der Waals surface area contributed by atoms with Gasteiger partial charge in [0.25, 0.3) is 0 Å². The number of benzene rings is 1. The number of aliphatic hydroxyl groups is 1. The van der Waals surface area contributed by atoms with Gasteiger partial charge in [0.2, 0.25) is 5.91 Å². The fourth-order valence-electron chi connectivity index (χ4n) is 5.26. The highest BCUT2D eigenvalue weighted by atomic mass is 19.1. The van der Waals surface area contributed by atoms with Crippen molar-refractivity contribution in [3.8, 4) is 0 Å². The molecule has 1 aromatic carbocycles. The molecule has 1 atom stereocenters. The summed E-state index contributed by atoms with van der Waals surface area (Å²) in [6.45, 7) is 4.45. The Morgan fingerprint density at radius 3 is 2.65 bits per heavy atom. The average molecular weight is 360 g/mol. The third-order valence-corrected chi connectivity index (χ3v) is 6.73. The molecule has 142 valence electrons. The topological polar surface area (TPSA) is 43.8 Å². The van der Waals surface area contributed by atoms with Crippen LogP contribution in [0.2, 0.25) is 0 Å². The first-order valence-corrected chi connectivity index (χ1v) is 9.99. The maximum atomic E-state index is 13.5. The zero-order chi connectivity index (χ0) is 18.3. The van der Waals surface area contributed by atoms with E-state index in [1.807, 2.05) is 13.0 Å². The van der Waals surface area contributed by atoms with Crippen molar-refractivity contribution in [2.75, 3.05) is 24.5 Å². The SMILES string of the molecule is Cc1cc(F)ccc1N1CCC[C@]2(CCN(C3CCC(O)CC3)C2=O)C1. The Bertz CT molecular complexity index is 687. The molecule has 0 bridgehead atoms. The smallest absolute Gasteiger partial charge is 0.230 e. The molecule has 2 saturated heterocycles. The van der Waals surface area contributed by atoms with Crippen LogP contribution in [0.3, 0.4) is 0 Å². The normalized spacial score (nSPS) is 32.5. The number of hydrogen-bond donors (Lipinski definition) is 1. The maximum absolute atomic E-state index is 13.5. The molecule has 1 aliphatic carbocycles. The number of aliphatic hydroxyl groups excluding tert-OH is 1. The molecular formula is C21H29FN2O2. The van der Waals surface area contributed by atoms with Gasteiger partial charge in [-0.3, -0.25) is 4.79 Å². The van der Waals surface area contributed by atoms with Crippen LogP contribution in [0.1, 0.15) is 50.5 Å². The first-order chi connectivity index (χ1) is 12.5. The third kappa shape index (κ3) is 3.11. The van der Waals surface area contributed by atoms with Crippen LogP contribution in [-0.2, 0) is 4.79 Å². The summed E-state index contributed by atoms with van der Waals surface area (Å²) >= 11 is 0. The van der Waals surface area contributed by atoms with Gasteiger partial charge in [-0.25, -0.2) is 4.39 Å². The van der Waals surface area contributed by atoms with Crippen molar-refractivity contribution < 1.29 is 14.3 Å². The van der Waals surface area contributed by atoms with Crippen molar-refractivity contribution in [1.82, 2.24) is 4.90 Å². The highest BCUT2D eigenvalue weighted by Crippen LogP contribution is 2.43. The summed E-state index contributed by atoms with van der Waals surface area (Å²) < 4.78 is 13.5. The summed E-state index contributed by atoms with van der Waals surface area (Å²) in [6.07, 6.45) is 6.14. The Balaban J connectivity index is 1.50. The van der Waals surface area contributed by atoms with Gasteiger partial charge in [0.1, 0.15) is 5.82 Å². The molecule has 1 aromatic rings. The first kappa shape index (κ1) is 17.8. The van der Waals surface area contributed by atoms with E-state index >= 15 is 0 Å². The quantitative estimate of drug-likeness (QED) is 0.880. The van der Waals surface area contributed by atoms with Crippen LogP contribution in [0.15, 0.2) is 18.2 Å². The molecule has 1 saturated carbocycles. The van der Waals surface area contributed by atoms with Crippen molar-refractivity contribution in [2.24, 2.45) is 5.41 Å². The molecule has 3 aliphatic rings. The summed E-state index contributed by atoms with van der Waals surface area (Å²) in [5.74, 6) is 0.101. The van der Waals surface area contributed by atoms with E-state index in [0.29, 0.717) is 11.9 Å². The van der Waals surface area contributed by atoms with E-state index < -0.39 is 0 Å². The van der Waals surface area contributed by atoms with Crippen molar-refractivity contribution in [1.29, 1.82) is 0 Å². The molecule has 2 heterocycles. The Labute approximate surface area is 155 Å². The molecule has 1 N–H and O–H groups in total. The van der Waals surface area contributed by atoms with Gasteiger partial charge in [0.05, 0.1) is 11.5 Å². The molecule has 5 heteroatoms. The van der Waals surface area contributed by atoms with Crippen LogP contribution >= 0.6 is 0 Å². The Hall–Kier alpha value is -1.62. The second-order valence-electron chi connectivity index (χ2n) is 8.45. The van der Waals surface area contributed by atoms with Crippen molar-refractivity contribution >= 4 is 11.6 Å². The first-order valence-electron chi connectivity index (χ1n) is 9.99. The molecule has 3 fully saturated rings. The van der Waals surface area contributed by atoms with Crippen molar-refractivity contribution in [3.63, 3.8) is 0 Å². The second kappa shape index (κ2) is 6.84. The predicted octanol–water partition coefficient (Wildman–Crippen LogP) is 3.26. The number of anilines is 1. The Kier molecular flexibility index (Phi) is 4.68. The number of amides is 1. The molecule has 0 radical (unpaired) electrons. The summed E-state index contributed by atoms with van der Waals surface area (Å²) in [5, 5.41) is 9.75. The molecule has 0 aromatic heterocycles. The minimum Gasteiger partial charge on any atom is -0.393 e. The van der Waals surface area contributed by atoms with Gasteiger partial charge in [-0.2, -0.15) is 0 Å². The molecule has 0 unspecified atom stereocenters. The van der Waals surface area contributed by atoms with Crippen molar-refractivity contribution in [3.05, 3.63) is 29.6 Å². The van der Waals surface area contributed by atoms with Gasteiger partial charge in [-0.05, 0) is 75.6 Å². The predicted molar refractivity (Wildman–Crippen MR) is 99.6 cm³/mol. The third-order valence-electron chi connectivity index (χ3n) is 6.73. The summed E-state index contributed by atoms with van der Waals surface area (Å²) in [6, 6.07) is 5.24. The second-order valence-corrected chi connectivity index (χ2v) is 8.45. The number of likely N-dealkylation sites (tertiary alicyclic amines) is 1. The molecule has 2 aliphatic heterocycles. The van der Waals surface area contributed by atoms with E-state index in [9.17, 15) is 14.3 Å². The molecule has 4 nitrogen and oxygen atoms in total. The van der Waals surface area contributed by atoms with Gasteiger partial charge in [-0.1, -0.05) is 0 Å². The Morgan fingerprint density at radius 1 is 1.15 bits per heavy atom. The maximum Gasteiger partial charge on any atom is 0.230 e. The standard InChI is InChI=1S/C21H29FN2O2/c1-15-13-16(22)3-8-19(15)23-11-2-9-21(14-23)10-12-24(20(21)26)17-4-6-18(25)7-5-17/h3,8,13,17-18,25H,2,4-7,9-12,14H2,1H3/t17?,18?,21-/m0/s1. The lowest BCUT2D eigenvalue weighted by Gasteiger charge is -2.42. The van der Waals surface area contributed by atoms with E-state index in [-0.39, 0.29) is 17.3 Å². The molecule has 26 heavy (non-hydrogen) atoms. The number of piperidine rings is 1. The van der Waals surface area contributed by atoms with E-state index in [1.165, 1.54) is 6.07 Å². The van der Waals surface area contributed by atoms with E-state index in [0.717, 1.165) is 75.8 Å². The largest absolute Gasteiger partial charge is 0.393 e. The van der Waals surface area contributed by atoms with Crippen LogP contribution in [-0.4, -0.2) is 47.7 Å².